The van der Waals surface area contributed by atoms with Crippen molar-refractivity contribution < 1.29 is 9.18 Å². The van der Waals surface area contributed by atoms with Gasteiger partial charge in [0.05, 0.1) is 23.2 Å². The fraction of sp³-hybridized carbons (Fsp3) is 0.250. The van der Waals surface area contributed by atoms with Crippen LogP contribution in [0.15, 0.2) is 53.3 Å². The predicted octanol–water partition coefficient (Wildman–Crippen LogP) is 3.34. The number of aromatic nitrogens is 2. The third kappa shape index (κ3) is 4.95. The van der Waals surface area contributed by atoms with Crippen molar-refractivity contribution in [2.75, 3.05) is 12.3 Å². The Kier molecular flexibility index (Phi) is 6.24. The number of hydrogen-bond donors (Lipinski definition) is 1. The minimum absolute atomic E-state index is 0.0274. The molecule has 0 aliphatic heterocycles. The van der Waals surface area contributed by atoms with Crippen LogP contribution in [0.25, 0.3) is 10.9 Å². The van der Waals surface area contributed by atoms with Gasteiger partial charge in [-0.25, -0.2) is 9.37 Å². The maximum Gasteiger partial charge on any atom is 0.258 e. The zero-order valence-electron chi connectivity index (χ0n) is 14.9. The van der Waals surface area contributed by atoms with Crippen molar-refractivity contribution in [3.8, 4) is 0 Å². The van der Waals surface area contributed by atoms with Crippen molar-refractivity contribution in [2.45, 2.75) is 19.2 Å². The minimum atomic E-state index is -0.270. The molecule has 5 nitrogen and oxygen atoms in total. The van der Waals surface area contributed by atoms with E-state index in [2.05, 4.69) is 9.97 Å². The zero-order valence-corrected chi connectivity index (χ0v) is 15.8. The van der Waals surface area contributed by atoms with Crippen molar-refractivity contribution in [3.05, 3.63) is 76.1 Å². The molecule has 7 heteroatoms. The molecule has 140 valence electrons. The van der Waals surface area contributed by atoms with Gasteiger partial charge in [0, 0.05) is 12.3 Å². The average molecular weight is 385 g/mol. The Labute approximate surface area is 160 Å². The summed E-state index contributed by atoms with van der Waals surface area (Å²) in [6.07, 6.45) is 0. The van der Waals surface area contributed by atoms with Gasteiger partial charge in [0.15, 0.2) is 0 Å². The monoisotopic (exact) mass is 385 g/mol. The summed E-state index contributed by atoms with van der Waals surface area (Å²) >= 11 is 1.47. The van der Waals surface area contributed by atoms with Gasteiger partial charge in [-0.15, -0.1) is 11.8 Å². The SMILES string of the molecule is CCN(Cc1nc2ccccc2c(=O)[nH]1)C(=O)CSCc1ccc(F)cc1. The lowest BCUT2D eigenvalue weighted by Gasteiger charge is -2.20. The van der Waals surface area contributed by atoms with E-state index in [0.717, 1.165) is 5.56 Å². The molecule has 1 aromatic heterocycles. The van der Waals surface area contributed by atoms with Crippen LogP contribution in [0.4, 0.5) is 4.39 Å². The first-order chi connectivity index (χ1) is 13.1. The molecule has 1 N–H and O–H groups in total. The van der Waals surface area contributed by atoms with Crippen molar-refractivity contribution in [3.63, 3.8) is 0 Å². The van der Waals surface area contributed by atoms with Crippen molar-refractivity contribution in [1.29, 1.82) is 0 Å². The predicted molar refractivity (Wildman–Crippen MR) is 106 cm³/mol. The van der Waals surface area contributed by atoms with E-state index in [1.165, 1.54) is 23.9 Å². The number of hydrogen-bond acceptors (Lipinski definition) is 4. The standard InChI is InChI=1S/C20H20FN3O2S/c1-2-24(19(25)13-27-12-14-7-9-15(21)10-8-14)11-18-22-17-6-4-3-5-16(17)20(26)23-18/h3-10H,2,11-13H2,1H3,(H,22,23,26). The van der Waals surface area contributed by atoms with Gasteiger partial charge in [-0.05, 0) is 36.8 Å². The molecule has 3 rings (SSSR count). The third-order valence-corrected chi connectivity index (χ3v) is 5.13. The lowest BCUT2D eigenvalue weighted by Crippen LogP contribution is -2.33. The van der Waals surface area contributed by atoms with Gasteiger partial charge >= 0.3 is 0 Å². The van der Waals surface area contributed by atoms with Gasteiger partial charge in [0.25, 0.3) is 5.56 Å². The van der Waals surface area contributed by atoms with Crippen LogP contribution in [0.1, 0.15) is 18.3 Å². The number of amides is 1. The highest BCUT2D eigenvalue weighted by molar-refractivity contribution is 7.99. The van der Waals surface area contributed by atoms with E-state index < -0.39 is 0 Å². The highest BCUT2D eigenvalue weighted by Crippen LogP contribution is 2.14. The molecule has 27 heavy (non-hydrogen) atoms. The van der Waals surface area contributed by atoms with Crippen molar-refractivity contribution in [1.82, 2.24) is 14.9 Å². The van der Waals surface area contributed by atoms with Gasteiger partial charge in [-0.1, -0.05) is 24.3 Å². The molecule has 0 saturated carbocycles. The number of fused-ring (bicyclic) bond motifs is 1. The van der Waals surface area contributed by atoms with Crippen LogP contribution in [0, 0.1) is 5.82 Å². The molecule has 0 spiro atoms. The van der Waals surface area contributed by atoms with E-state index in [1.54, 1.807) is 35.2 Å². The first kappa shape index (κ1) is 19.1. The van der Waals surface area contributed by atoms with Crippen LogP contribution < -0.4 is 5.56 Å². The zero-order chi connectivity index (χ0) is 19.2. The van der Waals surface area contributed by atoms with Gasteiger partial charge < -0.3 is 9.88 Å². The highest BCUT2D eigenvalue weighted by Gasteiger charge is 2.14. The molecule has 3 aromatic rings. The van der Waals surface area contributed by atoms with Crippen LogP contribution >= 0.6 is 11.8 Å². The summed E-state index contributed by atoms with van der Waals surface area (Å²) in [6, 6.07) is 13.4. The number of para-hydroxylation sites is 1. The van der Waals surface area contributed by atoms with Gasteiger partial charge in [0.1, 0.15) is 11.6 Å². The molecule has 0 saturated heterocycles. The number of halogens is 1. The molecule has 0 fully saturated rings. The number of aromatic amines is 1. The summed E-state index contributed by atoms with van der Waals surface area (Å²) in [5.74, 6) is 1.12. The second kappa shape index (κ2) is 8.81. The molecular formula is C20H20FN3O2S. The van der Waals surface area contributed by atoms with Crippen LogP contribution in [0.3, 0.4) is 0 Å². The summed E-state index contributed by atoms with van der Waals surface area (Å²) in [5.41, 5.74) is 1.38. The second-order valence-electron chi connectivity index (χ2n) is 6.06. The number of nitrogens with one attached hydrogen (secondary N) is 1. The molecular weight excluding hydrogens is 365 g/mol. The lowest BCUT2D eigenvalue weighted by molar-refractivity contribution is -0.128. The summed E-state index contributed by atoms with van der Waals surface area (Å²) in [5, 5.41) is 0.533. The number of carbonyl (C=O) groups is 1. The molecule has 1 amide bonds. The van der Waals surface area contributed by atoms with E-state index in [-0.39, 0.29) is 23.8 Å². The largest absolute Gasteiger partial charge is 0.335 e. The number of carbonyl (C=O) groups excluding carboxylic acids is 1. The Morgan fingerprint density at radius 2 is 1.93 bits per heavy atom. The number of benzene rings is 2. The Hall–Kier alpha value is -2.67. The van der Waals surface area contributed by atoms with Gasteiger partial charge in [-0.3, -0.25) is 9.59 Å². The molecule has 0 radical (unpaired) electrons. The smallest absolute Gasteiger partial charge is 0.258 e. The molecule has 2 aromatic carbocycles. The molecule has 0 atom stereocenters. The normalized spacial score (nSPS) is 10.9. The topological polar surface area (TPSA) is 66.1 Å². The Morgan fingerprint density at radius 3 is 2.67 bits per heavy atom. The molecule has 0 bridgehead atoms. The summed E-state index contributed by atoms with van der Waals surface area (Å²) in [6.45, 7) is 2.67. The fourth-order valence-electron chi connectivity index (χ4n) is 2.69. The number of thioether (sulfide) groups is 1. The van der Waals surface area contributed by atoms with E-state index in [1.807, 2.05) is 13.0 Å². The van der Waals surface area contributed by atoms with E-state index in [4.69, 9.17) is 0 Å². The lowest BCUT2D eigenvalue weighted by atomic mass is 10.2. The Bertz CT molecular complexity index is 988. The highest BCUT2D eigenvalue weighted by atomic mass is 32.2. The first-order valence-corrected chi connectivity index (χ1v) is 9.80. The van der Waals surface area contributed by atoms with Gasteiger partial charge in [-0.2, -0.15) is 0 Å². The number of rotatable bonds is 7. The Balaban J connectivity index is 1.61. The van der Waals surface area contributed by atoms with Crippen LogP contribution in [0.2, 0.25) is 0 Å². The van der Waals surface area contributed by atoms with Crippen LogP contribution in [-0.4, -0.2) is 33.1 Å². The number of nitrogens with zero attached hydrogens (tertiary/aromatic N) is 2. The average Bonchev–Trinajstić information content (AvgIpc) is 2.67. The maximum atomic E-state index is 12.9. The van der Waals surface area contributed by atoms with Crippen molar-refractivity contribution >= 4 is 28.6 Å². The summed E-state index contributed by atoms with van der Waals surface area (Å²) in [4.78, 5) is 33.5. The third-order valence-electron chi connectivity index (χ3n) is 4.14. The van der Waals surface area contributed by atoms with Crippen LogP contribution in [-0.2, 0) is 17.1 Å². The number of H-pyrrole nitrogens is 1. The Morgan fingerprint density at radius 1 is 1.19 bits per heavy atom. The molecule has 0 aliphatic rings. The molecule has 0 unspecified atom stereocenters. The first-order valence-electron chi connectivity index (χ1n) is 8.64. The fourth-order valence-corrected chi connectivity index (χ4v) is 3.58. The summed E-state index contributed by atoms with van der Waals surface area (Å²) < 4.78 is 12.9. The molecule has 1 heterocycles. The second-order valence-corrected chi connectivity index (χ2v) is 7.04. The van der Waals surface area contributed by atoms with Crippen LogP contribution in [0.5, 0.6) is 0 Å². The van der Waals surface area contributed by atoms with E-state index in [0.29, 0.717) is 34.8 Å². The quantitative estimate of drug-likeness (QED) is 0.677. The van der Waals surface area contributed by atoms with E-state index in [9.17, 15) is 14.0 Å². The van der Waals surface area contributed by atoms with Crippen molar-refractivity contribution in [2.24, 2.45) is 0 Å². The maximum absolute atomic E-state index is 12.9. The minimum Gasteiger partial charge on any atom is -0.335 e. The summed E-state index contributed by atoms with van der Waals surface area (Å²) in [7, 11) is 0. The van der Waals surface area contributed by atoms with Gasteiger partial charge in [0.2, 0.25) is 5.91 Å². The van der Waals surface area contributed by atoms with E-state index >= 15 is 0 Å². The molecule has 0 aliphatic carbocycles.